The summed E-state index contributed by atoms with van der Waals surface area (Å²) in [5.41, 5.74) is 0. The second-order valence-corrected chi connectivity index (χ2v) is 5.75. The van der Waals surface area contributed by atoms with Crippen LogP contribution >= 0.6 is 11.3 Å². The molecule has 3 heteroatoms. The molecule has 0 amide bonds. The zero-order chi connectivity index (χ0) is 10.3. The number of likely N-dealkylation sites (N-methyl/N-ethyl adjacent to an activating group) is 1. The molecule has 1 aromatic heterocycles. The molecule has 1 aliphatic carbocycles. The van der Waals surface area contributed by atoms with Gasteiger partial charge in [0, 0.05) is 30.1 Å². The van der Waals surface area contributed by atoms with E-state index in [1.54, 1.807) is 4.88 Å². The molecule has 2 nitrogen and oxygen atoms in total. The van der Waals surface area contributed by atoms with Crippen LogP contribution in [-0.4, -0.2) is 31.1 Å². The van der Waals surface area contributed by atoms with Gasteiger partial charge in [-0.05, 0) is 37.3 Å². The topological polar surface area (TPSA) is 15.3 Å². The summed E-state index contributed by atoms with van der Waals surface area (Å²) in [4.78, 5) is 4.16. The molecule has 1 unspecified atom stereocenters. The van der Waals surface area contributed by atoms with Crippen LogP contribution in [0.15, 0.2) is 17.5 Å². The van der Waals surface area contributed by atoms with Crippen LogP contribution in [0, 0.1) is 5.92 Å². The quantitative estimate of drug-likeness (QED) is 0.839. The molecular formula is C12H18N2S. The van der Waals surface area contributed by atoms with Gasteiger partial charge in [0.2, 0.25) is 0 Å². The first kappa shape index (κ1) is 9.82. The minimum Gasteiger partial charge on any atom is -0.314 e. The lowest BCUT2D eigenvalue weighted by molar-refractivity contribution is 0.116. The molecule has 1 N–H and O–H groups in total. The maximum Gasteiger partial charge on any atom is 0.0470 e. The first-order chi connectivity index (χ1) is 7.36. The molecule has 1 saturated carbocycles. The van der Waals surface area contributed by atoms with E-state index in [1.807, 2.05) is 11.3 Å². The van der Waals surface area contributed by atoms with Crippen LogP contribution < -0.4 is 5.32 Å². The average Bonchev–Trinajstić information content (AvgIpc) is 2.78. The highest BCUT2D eigenvalue weighted by molar-refractivity contribution is 7.10. The van der Waals surface area contributed by atoms with Crippen molar-refractivity contribution in [3.8, 4) is 0 Å². The molecule has 1 aromatic rings. The monoisotopic (exact) mass is 222 g/mol. The third-order valence-electron chi connectivity index (χ3n) is 3.68. The van der Waals surface area contributed by atoms with Gasteiger partial charge >= 0.3 is 0 Å². The van der Waals surface area contributed by atoms with Crippen molar-refractivity contribution in [2.45, 2.75) is 24.9 Å². The summed E-state index contributed by atoms with van der Waals surface area (Å²) < 4.78 is 0. The van der Waals surface area contributed by atoms with Crippen LogP contribution in [0.3, 0.4) is 0 Å². The standard InChI is InChI=1S/C12H18N2S/c1-14(10-7-13-8-10)12(9-4-5-9)11-3-2-6-15-11/h2-3,6,9-10,12-13H,4-5,7-8H2,1H3. The summed E-state index contributed by atoms with van der Waals surface area (Å²) in [6, 6.07) is 5.94. The Labute approximate surface area is 95.3 Å². The Bertz CT molecular complexity index is 314. The van der Waals surface area contributed by atoms with Crippen molar-refractivity contribution < 1.29 is 0 Å². The molecular weight excluding hydrogens is 204 g/mol. The van der Waals surface area contributed by atoms with Gasteiger partial charge in [-0.3, -0.25) is 4.90 Å². The second-order valence-electron chi connectivity index (χ2n) is 4.78. The van der Waals surface area contributed by atoms with E-state index in [1.165, 1.54) is 25.9 Å². The molecule has 2 heterocycles. The summed E-state index contributed by atoms with van der Waals surface area (Å²) >= 11 is 1.92. The fourth-order valence-electron chi connectivity index (χ4n) is 2.43. The van der Waals surface area contributed by atoms with E-state index >= 15 is 0 Å². The van der Waals surface area contributed by atoms with Gasteiger partial charge in [-0.15, -0.1) is 11.3 Å². The molecule has 0 bridgehead atoms. The van der Waals surface area contributed by atoms with E-state index in [2.05, 4.69) is 34.8 Å². The minimum atomic E-state index is 0.692. The minimum absolute atomic E-state index is 0.692. The van der Waals surface area contributed by atoms with Gasteiger partial charge in [0.1, 0.15) is 0 Å². The molecule has 1 aliphatic heterocycles. The van der Waals surface area contributed by atoms with E-state index in [-0.39, 0.29) is 0 Å². The van der Waals surface area contributed by atoms with Gasteiger partial charge in [-0.25, -0.2) is 0 Å². The normalized spacial score (nSPS) is 24.1. The number of rotatable bonds is 4. The van der Waals surface area contributed by atoms with E-state index in [0.29, 0.717) is 6.04 Å². The molecule has 2 aliphatic rings. The Hall–Kier alpha value is -0.380. The fraction of sp³-hybridized carbons (Fsp3) is 0.667. The molecule has 0 aromatic carbocycles. The number of thiophene rings is 1. The van der Waals surface area contributed by atoms with Gasteiger partial charge in [-0.2, -0.15) is 0 Å². The highest BCUT2D eigenvalue weighted by Crippen LogP contribution is 2.46. The van der Waals surface area contributed by atoms with Crippen molar-refractivity contribution in [1.29, 1.82) is 0 Å². The van der Waals surface area contributed by atoms with Gasteiger partial charge in [0.15, 0.2) is 0 Å². The largest absolute Gasteiger partial charge is 0.314 e. The predicted octanol–water partition coefficient (Wildman–Crippen LogP) is 2.10. The third kappa shape index (κ3) is 1.84. The summed E-state index contributed by atoms with van der Waals surface area (Å²) in [6.45, 7) is 2.34. The van der Waals surface area contributed by atoms with Crippen molar-refractivity contribution >= 4 is 11.3 Å². The summed E-state index contributed by atoms with van der Waals surface area (Å²) in [6.07, 6.45) is 2.85. The van der Waals surface area contributed by atoms with Crippen LogP contribution in [0.2, 0.25) is 0 Å². The molecule has 82 valence electrons. The smallest absolute Gasteiger partial charge is 0.0470 e. The predicted molar refractivity (Wildman–Crippen MR) is 64.2 cm³/mol. The summed E-state index contributed by atoms with van der Waals surface area (Å²) in [5, 5.41) is 5.57. The first-order valence-corrected chi connectivity index (χ1v) is 6.70. The number of hydrogen-bond donors (Lipinski definition) is 1. The molecule has 15 heavy (non-hydrogen) atoms. The van der Waals surface area contributed by atoms with Crippen LogP contribution in [0.5, 0.6) is 0 Å². The Balaban J connectivity index is 1.77. The van der Waals surface area contributed by atoms with Crippen molar-refractivity contribution in [1.82, 2.24) is 10.2 Å². The lowest BCUT2D eigenvalue weighted by Gasteiger charge is -2.40. The Morgan fingerprint density at radius 1 is 1.47 bits per heavy atom. The maximum atomic E-state index is 3.36. The highest BCUT2D eigenvalue weighted by Gasteiger charge is 2.39. The van der Waals surface area contributed by atoms with Gasteiger partial charge < -0.3 is 5.32 Å². The fourth-order valence-corrected chi connectivity index (χ4v) is 3.40. The maximum absolute atomic E-state index is 3.36. The van der Waals surface area contributed by atoms with Gasteiger partial charge in [0.25, 0.3) is 0 Å². The van der Waals surface area contributed by atoms with E-state index in [9.17, 15) is 0 Å². The Morgan fingerprint density at radius 2 is 2.27 bits per heavy atom. The second kappa shape index (κ2) is 3.89. The van der Waals surface area contributed by atoms with Crippen molar-refractivity contribution in [2.75, 3.05) is 20.1 Å². The van der Waals surface area contributed by atoms with Crippen LogP contribution in [0.4, 0.5) is 0 Å². The van der Waals surface area contributed by atoms with Crippen molar-refractivity contribution in [3.63, 3.8) is 0 Å². The lowest BCUT2D eigenvalue weighted by Crippen LogP contribution is -2.56. The molecule has 1 atom stereocenters. The SMILES string of the molecule is CN(C1CNC1)C(c1cccs1)C1CC1. The Morgan fingerprint density at radius 3 is 2.73 bits per heavy atom. The van der Waals surface area contributed by atoms with Crippen molar-refractivity contribution in [3.05, 3.63) is 22.4 Å². The molecule has 0 radical (unpaired) electrons. The van der Waals surface area contributed by atoms with Crippen molar-refractivity contribution in [2.24, 2.45) is 5.92 Å². The van der Waals surface area contributed by atoms with Crippen LogP contribution in [-0.2, 0) is 0 Å². The average molecular weight is 222 g/mol. The highest BCUT2D eigenvalue weighted by atomic mass is 32.1. The van der Waals surface area contributed by atoms with Crippen LogP contribution in [0.25, 0.3) is 0 Å². The first-order valence-electron chi connectivity index (χ1n) is 5.82. The van der Waals surface area contributed by atoms with E-state index in [4.69, 9.17) is 0 Å². The third-order valence-corrected chi connectivity index (χ3v) is 4.62. The molecule has 0 spiro atoms. The van der Waals surface area contributed by atoms with Gasteiger partial charge in [-0.1, -0.05) is 6.07 Å². The zero-order valence-corrected chi connectivity index (χ0v) is 9.96. The number of nitrogens with zero attached hydrogens (tertiary/aromatic N) is 1. The summed E-state index contributed by atoms with van der Waals surface area (Å²) in [5.74, 6) is 0.925. The Kier molecular flexibility index (Phi) is 2.54. The molecule has 3 rings (SSSR count). The molecule has 2 fully saturated rings. The number of hydrogen-bond acceptors (Lipinski definition) is 3. The van der Waals surface area contributed by atoms with Crippen LogP contribution in [0.1, 0.15) is 23.8 Å². The van der Waals surface area contributed by atoms with Gasteiger partial charge in [0.05, 0.1) is 0 Å². The van der Waals surface area contributed by atoms with E-state index in [0.717, 1.165) is 12.0 Å². The van der Waals surface area contributed by atoms with E-state index < -0.39 is 0 Å². The zero-order valence-electron chi connectivity index (χ0n) is 9.15. The molecule has 1 saturated heterocycles. The summed E-state index contributed by atoms with van der Waals surface area (Å²) in [7, 11) is 2.30. The lowest BCUT2D eigenvalue weighted by atomic mass is 10.0. The number of nitrogens with one attached hydrogen (secondary N) is 1.